The molecule has 0 heterocycles. The monoisotopic (exact) mass is 268 g/mol. The smallest absolute Gasteiger partial charge is 0.174 e. The fourth-order valence-corrected chi connectivity index (χ4v) is 1.86. The summed E-state index contributed by atoms with van der Waals surface area (Å²) in [5, 5.41) is 6.73. The molecule has 0 aliphatic rings. The van der Waals surface area contributed by atoms with Crippen molar-refractivity contribution in [2.45, 2.75) is 20.1 Å². The van der Waals surface area contributed by atoms with Crippen LogP contribution in [0.1, 0.15) is 11.1 Å². The summed E-state index contributed by atoms with van der Waals surface area (Å²) in [4.78, 5) is 0. The molecule has 0 aliphatic heterocycles. The first-order valence-corrected chi connectivity index (χ1v) is 6.14. The molecule has 5 heteroatoms. The number of ether oxygens (including phenoxy) is 2. The highest BCUT2D eigenvalue weighted by Crippen LogP contribution is 2.13. The molecule has 0 unspecified atom stereocenters. The maximum atomic E-state index is 5.20. The van der Waals surface area contributed by atoms with Crippen molar-refractivity contribution in [2.24, 2.45) is 0 Å². The molecule has 18 heavy (non-hydrogen) atoms. The molecule has 4 nitrogen and oxygen atoms in total. The summed E-state index contributed by atoms with van der Waals surface area (Å²) in [6.45, 7) is 4.62. The van der Waals surface area contributed by atoms with Crippen LogP contribution in [-0.4, -0.2) is 32.2 Å². The molecule has 2 N–H and O–H groups in total. The lowest BCUT2D eigenvalue weighted by atomic mass is 10.1. The van der Waals surface area contributed by atoms with Gasteiger partial charge in [-0.2, -0.15) is 0 Å². The Kier molecular flexibility index (Phi) is 6.04. The zero-order valence-corrected chi connectivity index (χ0v) is 12.1. The highest BCUT2D eigenvalue weighted by Gasteiger charge is 2.05. The van der Waals surface area contributed by atoms with E-state index in [-0.39, 0.29) is 6.29 Å². The van der Waals surface area contributed by atoms with E-state index in [4.69, 9.17) is 21.7 Å². The summed E-state index contributed by atoms with van der Waals surface area (Å²) in [6.07, 6.45) is -0.302. The van der Waals surface area contributed by atoms with Gasteiger partial charge in [-0.25, -0.2) is 0 Å². The predicted octanol–water partition coefficient (Wildman–Crippen LogP) is 2.21. The third-order valence-corrected chi connectivity index (χ3v) is 2.68. The van der Waals surface area contributed by atoms with Gasteiger partial charge in [-0.05, 0) is 49.3 Å². The van der Waals surface area contributed by atoms with Gasteiger partial charge in [0.15, 0.2) is 11.4 Å². The van der Waals surface area contributed by atoms with Crippen LogP contribution in [0.15, 0.2) is 18.2 Å². The van der Waals surface area contributed by atoms with Crippen LogP contribution in [0.4, 0.5) is 5.69 Å². The maximum absolute atomic E-state index is 5.20. The van der Waals surface area contributed by atoms with Crippen LogP contribution in [0.5, 0.6) is 0 Å². The minimum atomic E-state index is -0.302. The molecule has 0 atom stereocenters. The summed E-state index contributed by atoms with van der Waals surface area (Å²) in [7, 11) is 3.19. The van der Waals surface area contributed by atoms with E-state index in [0.717, 1.165) is 5.69 Å². The summed E-state index contributed by atoms with van der Waals surface area (Å²) in [5.74, 6) is 0. The zero-order chi connectivity index (χ0) is 13.5. The first-order valence-electron chi connectivity index (χ1n) is 5.74. The second kappa shape index (κ2) is 7.31. The predicted molar refractivity (Wildman–Crippen MR) is 77.9 cm³/mol. The van der Waals surface area contributed by atoms with Gasteiger partial charge in [-0.3, -0.25) is 0 Å². The molecule has 0 fully saturated rings. The molecule has 1 rings (SSSR count). The van der Waals surface area contributed by atoms with Crippen LogP contribution in [0.25, 0.3) is 0 Å². The molecule has 0 spiro atoms. The van der Waals surface area contributed by atoms with Crippen molar-refractivity contribution in [3.05, 3.63) is 29.3 Å². The Bertz CT molecular complexity index is 386. The summed E-state index contributed by atoms with van der Waals surface area (Å²) in [6, 6.07) is 6.21. The number of methoxy groups -OCH3 is 2. The largest absolute Gasteiger partial charge is 0.357 e. The number of aryl methyl sites for hydroxylation is 2. The van der Waals surface area contributed by atoms with Crippen LogP contribution in [0.2, 0.25) is 0 Å². The van der Waals surface area contributed by atoms with Crippen molar-refractivity contribution in [1.29, 1.82) is 0 Å². The van der Waals surface area contributed by atoms with Crippen LogP contribution < -0.4 is 10.6 Å². The Hall–Kier alpha value is -1.17. The number of thiocarbonyl (C=S) groups is 1. The van der Waals surface area contributed by atoms with E-state index >= 15 is 0 Å². The standard InChI is InChI=1S/C13H20N2O2S/c1-9-5-10(2)7-11(6-9)15-13(18)14-8-12(16-3)17-4/h5-7,12H,8H2,1-4H3,(H2,14,15,18). The van der Waals surface area contributed by atoms with Gasteiger partial charge >= 0.3 is 0 Å². The van der Waals surface area contributed by atoms with Crippen molar-refractivity contribution < 1.29 is 9.47 Å². The normalized spacial score (nSPS) is 10.5. The highest BCUT2D eigenvalue weighted by atomic mass is 32.1. The topological polar surface area (TPSA) is 42.5 Å². The van der Waals surface area contributed by atoms with Gasteiger partial charge in [0, 0.05) is 19.9 Å². The van der Waals surface area contributed by atoms with Crippen LogP contribution in [-0.2, 0) is 9.47 Å². The number of anilines is 1. The molecular formula is C13H20N2O2S. The van der Waals surface area contributed by atoms with Crippen molar-refractivity contribution in [3.63, 3.8) is 0 Å². The maximum Gasteiger partial charge on any atom is 0.174 e. The number of rotatable bonds is 5. The molecule has 0 bridgehead atoms. The van der Waals surface area contributed by atoms with Crippen molar-refractivity contribution in [2.75, 3.05) is 26.1 Å². The Balaban J connectivity index is 2.49. The van der Waals surface area contributed by atoms with Crippen LogP contribution >= 0.6 is 12.2 Å². The molecular weight excluding hydrogens is 248 g/mol. The molecule has 1 aromatic rings. The first-order chi connectivity index (χ1) is 8.55. The summed E-state index contributed by atoms with van der Waals surface area (Å²) >= 11 is 5.20. The van der Waals surface area contributed by atoms with Gasteiger partial charge in [-0.15, -0.1) is 0 Å². The van der Waals surface area contributed by atoms with E-state index in [9.17, 15) is 0 Å². The average molecular weight is 268 g/mol. The van der Waals surface area contributed by atoms with Gasteiger partial charge in [0.25, 0.3) is 0 Å². The van der Waals surface area contributed by atoms with Crippen molar-refractivity contribution >= 4 is 23.0 Å². The molecule has 0 aromatic heterocycles. The SMILES string of the molecule is COC(CNC(=S)Nc1cc(C)cc(C)c1)OC. The molecule has 0 saturated carbocycles. The van der Waals surface area contributed by atoms with E-state index in [1.807, 2.05) is 12.1 Å². The lowest BCUT2D eigenvalue weighted by Gasteiger charge is -2.16. The molecule has 0 amide bonds. The Morgan fingerprint density at radius 2 is 1.72 bits per heavy atom. The summed E-state index contributed by atoms with van der Waals surface area (Å²) in [5.41, 5.74) is 3.38. The first kappa shape index (κ1) is 14.9. The second-order valence-corrected chi connectivity index (χ2v) is 4.52. The number of nitrogens with one attached hydrogen (secondary N) is 2. The van der Waals surface area contributed by atoms with E-state index in [1.54, 1.807) is 14.2 Å². The van der Waals surface area contributed by atoms with Gasteiger partial charge < -0.3 is 20.1 Å². The zero-order valence-electron chi connectivity index (χ0n) is 11.2. The highest BCUT2D eigenvalue weighted by molar-refractivity contribution is 7.80. The van der Waals surface area contributed by atoms with E-state index in [2.05, 4.69) is 30.5 Å². The third kappa shape index (κ3) is 5.00. The molecule has 1 aromatic carbocycles. The third-order valence-electron chi connectivity index (χ3n) is 2.43. The minimum absolute atomic E-state index is 0.302. The Labute approximate surface area is 114 Å². The lowest BCUT2D eigenvalue weighted by Crippen LogP contribution is -2.36. The lowest BCUT2D eigenvalue weighted by molar-refractivity contribution is -0.0964. The molecule has 0 saturated heterocycles. The van der Waals surface area contributed by atoms with E-state index < -0.39 is 0 Å². The van der Waals surface area contributed by atoms with Gasteiger partial charge in [0.1, 0.15) is 0 Å². The van der Waals surface area contributed by atoms with E-state index in [0.29, 0.717) is 11.7 Å². The minimum Gasteiger partial charge on any atom is -0.357 e. The number of hydrogen-bond acceptors (Lipinski definition) is 3. The van der Waals surface area contributed by atoms with Gasteiger partial charge in [-0.1, -0.05) is 6.07 Å². The van der Waals surface area contributed by atoms with Crippen LogP contribution in [0.3, 0.4) is 0 Å². The fraction of sp³-hybridized carbons (Fsp3) is 0.462. The fourth-order valence-electron chi connectivity index (χ4n) is 1.66. The van der Waals surface area contributed by atoms with Gasteiger partial charge in [0.05, 0.1) is 6.54 Å². The van der Waals surface area contributed by atoms with Crippen molar-refractivity contribution in [1.82, 2.24) is 5.32 Å². The van der Waals surface area contributed by atoms with E-state index in [1.165, 1.54) is 11.1 Å². The number of benzene rings is 1. The summed E-state index contributed by atoms with van der Waals surface area (Å²) < 4.78 is 10.1. The quantitative estimate of drug-likeness (QED) is 0.633. The average Bonchev–Trinajstić information content (AvgIpc) is 2.28. The van der Waals surface area contributed by atoms with Gasteiger partial charge in [0.2, 0.25) is 0 Å². The van der Waals surface area contributed by atoms with Crippen molar-refractivity contribution in [3.8, 4) is 0 Å². The Morgan fingerprint density at radius 3 is 2.22 bits per heavy atom. The number of hydrogen-bond donors (Lipinski definition) is 2. The second-order valence-electron chi connectivity index (χ2n) is 4.11. The Morgan fingerprint density at radius 1 is 1.17 bits per heavy atom. The molecule has 0 radical (unpaired) electrons. The van der Waals surface area contributed by atoms with Crippen LogP contribution in [0, 0.1) is 13.8 Å². The molecule has 100 valence electrons. The molecule has 0 aliphatic carbocycles.